The van der Waals surface area contributed by atoms with Crippen molar-refractivity contribution in [3.63, 3.8) is 0 Å². The highest BCUT2D eigenvalue weighted by atomic mass is 32.1. The van der Waals surface area contributed by atoms with E-state index >= 15 is 0 Å². The average molecular weight is 209 g/mol. The Balaban J connectivity index is 1.98. The largest absolute Gasteiger partial charge is 0.383 e. The lowest BCUT2D eigenvalue weighted by molar-refractivity contribution is 0.721. The van der Waals surface area contributed by atoms with Gasteiger partial charge in [-0.25, -0.2) is 0 Å². The van der Waals surface area contributed by atoms with Crippen LogP contribution in [0.4, 0.5) is 10.8 Å². The van der Waals surface area contributed by atoms with Crippen LogP contribution in [-0.2, 0) is 13.6 Å². The third-order valence-corrected chi connectivity index (χ3v) is 2.66. The number of nitrogens with zero attached hydrogens (tertiary/aromatic N) is 3. The molecule has 0 saturated carbocycles. The summed E-state index contributed by atoms with van der Waals surface area (Å²) in [7, 11) is 1.91. The van der Waals surface area contributed by atoms with Crippen LogP contribution in [0.3, 0.4) is 0 Å². The molecule has 0 bridgehead atoms. The average Bonchev–Trinajstić information content (AvgIpc) is 2.72. The molecule has 5 nitrogen and oxygen atoms in total. The molecule has 0 amide bonds. The monoisotopic (exact) mass is 209 g/mol. The zero-order valence-electron chi connectivity index (χ0n) is 7.77. The van der Waals surface area contributed by atoms with Gasteiger partial charge in [-0.1, -0.05) is 0 Å². The summed E-state index contributed by atoms with van der Waals surface area (Å²) in [6.07, 6.45) is 1.78. The Labute approximate surface area is 85.7 Å². The SMILES string of the molecule is Cn1nccc1CNc1cc(N)ns1. The number of rotatable bonds is 3. The van der Waals surface area contributed by atoms with Gasteiger partial charge in [0.15, 0.2) is 0 Å². The molecule has 0 aliphatic rings. The zero-order chi connectivity index (χ0) is 9.97. The Hall–Kier alpha value is -1.56. The summed E-state index contributed by atoms with van der Waals surface area (Å²) in [5, 5.41) is 8.27. The molecule has 3 N–H and O–H groups in total. The maximum absolute atomic E-state index is 5.50. The third kappa shape index (κ3) is 1.85. The van der Waals surface area contributed by atoms with Gasteiger partial charge in [-0.05, 0) is 17.6 Å². The standard InChI is InChI=1S/C8H11N5S/c1-13-6(2-3-11-13)5-10-8-4-7(9)12-14-8/h2-4,10H,5H2,1H3,(H2,9,12). The van der Waals surface area contributed by atoms with E-state index in [-0.39, 0.29) is 0 Å². The fraction of sp³-hybridized carbons (Fsp3) is 0.250. The Kier molecular flexibility index (Phi) is 2.36. The highest BCUT2D eigenvalue weighted by Gasteiger charge is 2.00. The van der Waals surface area contributed by atoms with Crippen molar-refractivity contribution in [2.45, 2.75) is 6.54 Å². The van der Waals surface area contributed by atoms with Gasteiger partial charge >= 0.3 is 0 Å². The molecular weight excluding hydrogens is 198 g/mol. The number of nitrogens with two attached hydrogens (primary N) is 1. The fourth-order valence-corrected chi connectivity index (χ4v) is 1.69. The molecule has 0 fully saturated rings. The molecule has 0 aliphatic heterocycles. The first-order valence-electron chi connectivity index (χ1n) is 4.18. The summed E-state index contributed by atoms with van der Waals surface area (Å²) >= 11 is 1.36. The molecule has 6 heteroatoms. The van der Waals surface area contributed by atoms with E-state index in [4.69, 9.17) is 5.73 Å². The molecule has 2 aromatic rings. The Bertz CT molecular complexity index is 419. The van der Waals surface area contributed by atoms with Crippen LogP contribution in [0.5, 0.6) is 0 Å². The summed E-state index contributed by atoms with van der Waals surface area (Å²) in [5.41, 5.74) is 6.62. The molecular formula is C8H11N5S. The number of nitrogen functional groups attached to an aromatic ring is 1. The van der Waals surface area contributed by atoms with Gasteiger partial charge in [0.05, 0.1) is 12.2 Å². The summed E-state index contributed by atoms with van der Waals surface area (Å²) in [5.74, 6) is 0.558. The third-order valence-electron chi connectivity index (χ3n) is 1.89. The Morgan fingerprint density at radius 3 is 3.07 bits per heavy atom. The molecule has 0 radical (unpaired) electrons. The molecule has 0 atom stereocenters. The van der Waals surface area contributed by atoms with Gasteiger partial charge in [-0.2, -0.15) is 9.47 Å². The number of hydrogen-bond donors (Lipinski definition) is 2. The number of nitrogens with one attached hydrogen (secondary N) is 1. The summed E-state index contributed by atoms with van der Waals surface area (Å²) in [6, 6.07) is 3.79. The van der Waals surface area contributed by atoms with Gasteiger partial charge in [-0.3, -0.25) is 4.68 Å². The van der Waals surface area contributed by atoms with E-state index < -0.39 is 0 Å². The van der Waals surface area contributed by atoms with E-state index in [0.29, 0.717) is 5.82 Å². The number of hydrogen-bond acceptors (Lipinski definition) is 5. The maximum Gasteiger partial charge on any atom is 0.139 e. The maximum atomic E-state index is 5.50. The van der Waals surface area contributed by atoms with Crippen LogP contribution in [0.15, 0.2) is 18.3 Å². The van der Waals surface area contributed by atoms with Crippen LogP contribution in [-0.4, -0.2) is 14.2 Å². The first-order valence-corrected chi connectivity index (χ1v) is 4.96. The molecule has 2 rings (SSSR count). The summed E-state index contributed by atoms with van der Waals surface area (Å²) < 4.78 is 5.80. The molecule has 2 aromatic heterocycles. The molecule has 2 heterocycles. The zero-order valence-corrected chi connectivity index (χ0v) is 8.58. The van der Waals surface area contributed by atoms with Crippen molar-refractivity contribution < 1.29 is 0 Å². The van der Waals surface area contributed by atoms with Crippen LogP contribution < -0.4 is 11.1 Å². The van der Waals surface area contributed by atoms with Crippen LogP contribution in [0, 0.1) is 0 Å². The molecule has 0 aliphatic carbocycles. The molecule has 0 saturated heterocycles. The smallest absolute Gasteiger partial charge is 0.139 e. The second-order valence-corrected chi connectivity index (χ2v) is 3.72. The van der Waals surface area contributed by atoms with Crippen molar-refractivity contribution in [3.05, 3.63) is 24.0 Å². The molecule has 74 valence electrons. The van der Waals surface area contributed by atoms with Crippen molar-refractivity contribution in [3.8, 4) is 0 Å². The topological polar surface area (TPSA) is 68.8 Å². The van der Waals surface area contributed by atoms with E-state index in [9.17, 15) is 0 Å². The lowest BCUT2D eigenvalue weighted by Crippen LogP contribution is -2.04. The molecule has 0 aromatic carbocycles. The van der Waals surface area contributed by atoms with Crippen molar-refractivity contribution in [1.29, 1.82) is 0 Å². The second kappa shape index (κ2) is 3.67. The van der Waals surface area contributed by atoms with E-state index in [1.807, 2.05) is 23.9 Å². The minimum Gasteiger partial charge on any atom is -0.383 e. The first-order chi connectivity index (χ1) is 6.75. The number of anilines is 2. The van der Waals surface area contributed by atoms with Crippen molar-refractivity contribution >= 4 is 22.4 Å². The Morgan fingerprint density at radius 1 is 1.64 bits per heavy atom. The van der Waals surface area contributed by atoms with Crippen molar-refractivity contribution in [2.75, 3.05) is 11.1 Å². The van der Waals surface area contributed by atoms with Gasteiger partial charge in [0, 0.05) is 19.3 Å². The predicted molar refractivity (Wildman–Crippen MR) is 57.1 cm³/mol. The highest BCUT2D eigenvalue weighted by Crippen LogP contribution is 2.17. The number of aryl methyl sites for hydroxylation is 1. The van der Waals surface area contributed by atoms with E-state index in [1.54, 1.807) is 6.20 Å². The van der Waals surface area contributed by atoms with E-state index in [1.165, 1.54) is 11.5 Å². The number of aromatic nitrogens is 3. The predicted octanol–water partition coefficient (Wildman–Crippen LogP) is 1.07. The second-order valence-electron chi connectivity index (χ2n) is 2.92. The fourth-order valence-electron chi connectivity index (χ4n) is 1.12. The van der Waals surface area contributed by atoms with Crippen molar-refractivity contribution in [2.24, 2.45) is 7.05 Å². The normalized spacial score (nSPS) is 10.4. The minimum atomic E-state index is 0.558. The summed E-state index contributed by atoms with van der Waals surface area (Å²) in [4.78, 5) is 0. The summed E-state index contributed by atoms with van der Waals surface area (Å²) in [6.45, 7) is 0.734. The Morgan fingerprint density at radius 2 is 2.50 bits per heavy atom. The lowest BCUT2D eigenvalue weighted by Gasteiger charge is -2.02. The molecule has 0 spiro atoms. The van der Waals surface area contributed by atoms with Gasteiger partial charge in [-0.15, -0.1) is 0 Å². The minimum absolute atomic E-state index is 0.558. The molecule has 14 heavy (non-hydrogen) atoms. The van der Waals surface area contributed by atoms with Gasteiger partial charge in [0.25, 0.3) is 0 Å². The van der Waals surface area contributed by atoms with Crippen molar-refractivity contribution in [1.82, 2.24) is 14.2 Å². The lowest BCUT2D eigenvalue weighted by atomic mass is 10.4. The van der Waals surface area contributed by atoms with Crippen LogP contribution in [0.2, 0.25) is 0 Å². The van der Waals surface area contributed by atoms with Crippen LogP contribution in [0.1, 0.15) is 5.69 Å². The molecule has 0 unspecified atom stereocenters. The highest BCUT2D eigenvalue weighted by molar-refractivity contribution is 7.10. The van der Waals surface area contributed by atoms with E-state index in [2.05, 4.69) is 14.8 Å². The van der Waals surface area contributed by atoms with Gasteiger partial charge in [0.2, 0.25) is 0 Å². The van der Waals surface area contributed by atoms with Crippen LogP contribution in [0.25, 0.3) is 0 Å². The van der Waals surface area contributed by atoms with E-state index in [0.717, 1.165) is 17.2 Å². The van der Waals surface area contributed by atoms with Gasteiger partial charge < -0.3 is 11.1 Å². The first kappa shape index (κ1) is 9.01. The van der Waals surface area contributed by atoms with Gasteiger partial charge in [0.1, 0.15) is 10.8 Å². The van der Waals surface area contributed by atoms with Crippen LogP contribution >= 0.6 is 11.5 Å². The quantitative estimate of drug-likeness (QED) is 0.793.